The summed E-state index contributed by atoms with van der Waals surface area (Å²) in [4.78, 5) is 57.4. The first kappa shape index (κ1) is 18.8. The number of aromatic amines is 2. The third-order valence-corrected chi connectivity index (χ3v) is 4.59. The molecule has 27 heavy (non-hydrogen) atoms. The number of hydrogen-bond acceptors (Lipinski definition) is 5. The lowest BCUT2D eigenvalue weighted by atomic mass is 9.97. The van der Waals surface area contributed by atoms with Gasteiger partial charge >= 0.3 is 5.69 Å². The van der Waals surface area contributed by atoms with Crippen LogP contribution in [0.1, 0.15) is 33.7 Å². The molecule has 2 amide bonds. The maximum Gasteiger partial charge on any atom is 0.325 e. The van der Waals surface area contributed by atoms with Gasteiger partial charge in [0.2, 0.25) is 0 Å². The third kappa shape index (κ3) is 4.62. The van der Waals surface area contributed by atoms with E-state index in [0.717, 1.165) is 19.0 Å². The molecule has 1 unspecified atom stereocenters. The molecule has 0 bridgehead atoms. The molecule has 0 saturated carbocycles. The Kier molecular flexibility index (Phi) is 5.70. The Morgan fingerprint density at radius 3 is 2.85 bits per heavy atom. The minimum Gasteiger partial charge on any atom is -0.350 e. The summed E-state index contributed by atoms with van der Waals surface area (Å²) >= 11 is 5.76. The Bertz CT molecular complexity index is 953. The van der Waals surface area contributed by atoms with Crippen LogP contribution < -0.4 is 16.6 Å². The van der Waals surface area contributed by atoms with E-state index in [4.69, 9.17) is 11.6 Å². The summed E-state index contributed by atoms with van der Waals surface area (Å²) in [5, 5.41) is 3.26. The fraction of sp³-hybridized carbons (Fsp3) is 0.353. The number of nitrogens with zero attached hydrogens (tertiary/aromatic N) is 2. The molecule has 1 saturated heterocycles. The number of pyridine rings is 1. The van der Waals surface area contributed by atoms with E-state index in [1.165, 1.54) is 12.3 Å². The molecule has 0 aliphatic carbocycles. The summed E-state index contributed by atoms with van der Waals surface area (Å²) in [6, 6.07) is 3.13. The van der Waals surface area contributed by atoms with Crippen LogP contribution >= 0.6 is 11.6 Å². The van der Waals surface area contributed by atoms with Crippen LogP contribution in [-0.4, -0.2) is 51.3 Å². The van der Waals surface area contributed by atoms with Crippen molar-refractivity contribution in [3.8, 4) is 0 Å². The second-order valence-electron chi connectivity index (χ2n) is 6.32. The quantitative estimate of drug-likeness (QED) is 0.694. The highest BCUT2D eigenvalue weighted by molar-refractivity contribution is 6.30. The molecule has 1 atom stereocenters. The first-order valence-corrected chi connectivity index (χ1v) is 8.83. The van der Waals surface area contributed by atoms with Crippen LogP contribution in [0.15, 0.2) is 34.1 Å². The smallest absolute Gasteiger partial charge is 0.325 e. The largest absolute Gasteiger partial charge is 0.350 e. The van der Waals surface area contributed by atoms with E-state index in [0.29, 0.717) is 24.7 Å². The van der Waals surface area contributed by atoms with E-state index in [1.807, 2.05) is 4.98 Å². The summed E-state index contributed by atoms with van der Waals surface area (Å²) in [6.45, 7) is 1.31. The molecule has 0 aromatic carbocycles. The van der Waals surface area contributed by atoms with Crippen molar-refractivity contribution in [1.29, 1.82) is 0 Å². The minimum absolute atomic E-state index is 0.0563. The predicted molar refractivity (Wildman–Crippen MR) is 97.9 cm³/mol. The molecule has 3 N–H and O–H groups in total. The van der Waals surface area contributed by atoms with Crippen LogP contribution in [0.3, 0.4) is 0 Å². The number of halogens is 1. The highest BCUT2D eigenvalue weighted by atomic mass is 35.5. The fourth-order valence-electron chi connectivity index (χ4n) is 2.99. The normalized spacial score (nSPS) is 16.8. The van der Waals surface area contributed by atoms with Gasteiger partial charge in [-0.25, -0.2) is 9.78 Å². The van der Waals surface area contributed by atoms with Gasteiger partial charge in [0.25, 0.3) is 17.4 Å². The van der Waals surface area contributed by atoms with Crippen LogP contribution in [0.5, 0.6) is 0 Å². The second-order valence-corrected chi connectivity index (χ2v) is 6.75. The first-order chi connectivity index (χ1) is 12.9. The molecule has 1 aliphatic rings. The standard InChI is InChI=1S/C17H18ClN5O4/c18-11-3-4-13(19-7-11)15(25)20-6-10-2-1-5-23(9-10)16(26)12-8-21-17(27)22-14(12)24/h3-4,7-8,10H,1-2,5-6,9H2,(H,20,25)(H2,21,22,24,27). The molecule has 1 aliphatic heterocycles. The van der Waals surface area contributed by atoms with E-state index < -0.39 is 17.2 Å². The van der Waals surface area contributed by atoms with Crippen molar-refractivity contribution in [2.75, 3.05) is 19.6 Å². The molecule has 0 spiro atoms. The minimum atomic E-state index is -0.715. The van der Waals surface area contributed by atoms with Gasteiger partial charge in [0.15, 0.2) is 0 Å². The van der Waals surface area contributed by atoms with Gasteiger partial charge in [0, 0.05) is 32.0 Å². The Morgan fingerprint density at radius 2 is 2.15 bits per heavy atom. The van der Waals surface area contributed by atoms with Crippen LogP contribution in [-0.2, 0) is 0 Å². The van der Waals surface area contributed by atoms with Gasteiger partial charge in [-0.05, 0) is 30.9 Å². The lowest BCUT2D eigenvalue weighted by molar-refractivity contribution is 0.0668. The maximum atomic E-state index is 12.5. The summed E-state index contributed by atoms with van der Waals surface area (Å²) in [6.07, 6.45) is 4.13. The third-order valence-electron chi connectivity index (χ3n) is 4.37. The molecule has 3 heterocycles. The number of hydrogen-bond donors (Lipinski definition) is 3. The van der Waals surface area contributed by atoms with Crippen LogP contribution in [0, 0.1) is 5.92 Å². The topological polar surface area (TPSA) is 128 Å². The number of aromatic nitrogens is 3. The van der Waals surface area contributed by atoms with Crippen LogP contribution in [0.25, 0.3) is 0 Å². The van der Waals surface area contributed by atoms with Crippen LogP contribution in [0.4, 0.5) is 0 Å². The number of amides is 2. The molecule has 1 fully saturated rings. The number of carbonyl (C=O) groups is 2. The van der Waals surface area contributed by atoms with Crippen molar-refractivity contribution in [3.05, 3.63) is 61.6 Å². The Morgan fingerprint density at radius 1 is 1.33 bits per heavy atom. The number of carbonyl (C=O) groups excluding carboxylic acids is 2. The average Bonchev–Trinajstić information content (AvgIpc) is 2.66. The zero-order valence-corrected chi connectivity index (χ0v) is 15.1. The average molecular weight is 392 g/mol. The Balaban J connectivity index is 1.59. The van der Waals surface area contributed by atoms with Crippen molar-refractivity contribution in [2.45, 2.75) is 12.8 Å². The van der Waals surface area contributed by atoms with Gasteiger partial charge < -0.3 is 15.2 Å². The molecule has 2 aromatic heterocycles. The predicted octanol–water partition coefficient (Wildman–Crippen LogP) is 0.394. The zero-order chi connectivity index (χ0) is 19.4. The molecule has 10 heteroatoms. The first-order valence-electron chi connectivity index (χ1n) is 8.45. The van der Waals surface area contributed by atoms with E-state index in [2.05, 4.69) is 15.3 Å². The van der Waals surface area contributed by atoms with E-state index >= 15 is 0 Å². The van der Waals surface area contributed by atoms with Crippen molar-refractivity contribution in [1.82, 2.24) is 25.2 Å². The van der Waals surface area contributed by atoms with Crippen LogP contribution in [0.2, 0.25) is 5.02 Å². The second kappa shape index (κ2) is 8.17. The van der Waals surface area contributed by atoms with Gasteiger partial charge in [0.05, 0.1) is 5.02 Å². The lowest BCUT2D eigenvalue weighted by Gasteiger charge is -2.32. The lowest BCUT2D eigenvalue weighted by Crippen LogP contribution is -2.45. The number of likely N-dealkylation sites (tertiary alicyclic amines) is 1. The zero-order valence-electron chi connectivity index (χ0n) is 14.3. The van der Waals surface area contributed by atoms with E-state index in [1.54, 1.807) is 11.0 Å². The molecule has 9 nitrogen and oxygen atoms in total. The van der Waals surface area contributed by atoms with Gasteiger partial charge in [0.1, 0.15) is 11.3 Å². The van der Waals surface area contributed by atoms with Gasteiger partial charge in [-0.2, -0.15) is 0 Å². The van der Waals surface area contributed by atoms with Crippen molar-refractivity contribution < 1.29 is 9.59 Å². The number of piperidine rings is 1. The van der Waals surface area contributed by atoms with Crippen molar-refractivity contribution in [3.63, 3.8) is 0 Å². The fourth-order valence-corrected chi connectivity index (χ4v) is 3.10. The highest BCUT2D eigenvalue weighted by Gasteiger charge is 2.26. The van der Waals surface area contributed by atoms with Crippen molar-refractivity contribution in [2.24, 2.45) is 5.92 Å². The number of H-pyrrole nitrogens is 2. The summed E-state index contributed by atoms with van der Waals surface area (Å²) in [7, 11) is 0. The summed E-state index contributed by atoms with van der Waals surface area (Å²) in [5.74, 6) is -0.698. The molecule has 142 valence electrons. The molecule has 0 radical (unpaired) electrons. The van der Waals surface area contributed by atoms with Crippen molar-refractivity contribution >= 4 is 23.4 Å². The summed E-state index contributed by atoms with van der Waals surface area (Å²) < 4.78 is 0. The Hall–Kier alpha value is -2.94. The molecule has 3 rings (SSSR count). The number of nitrogens with one attached hydrogen (secondary N) is 3. The molecular formula is C17H18ClN5O4. The highest BCUT2D eigenvalue weighted by Crippen LogP contribution is 2.17. The molecular weight excluding hydrogens is 374 g/mol. The van der Waals surface area contributed by atoms with Gasteiger partial charge in [-0.1, -0.05) is 11.6 Å². The van der Waals surface area contributed by atoms with E-state index in [9.17, 15) is 19.2 Å². The van der Waals surface area contributed by atoms with Gasteiger partial charge in [-0.15, -0.1) is 0 Å². The number of rotatable bonds is 4. The monoisotopic (exact) mass is 391 g/mol. The maximum absolute atomic E-state index is 12.5. The SMILES string of the molecule is O=C(NCC1CCCN(C(=O)c2c[nH]c(=O)[nH]c2=O)C1)c1ccc(Cl)cn1. The van der Waals surface area contributed by atoms with Gasteiger partial charge in [-0.3, -0.25) is 19.4 Å². The molecule has 2 aromatic rings. The van der Waals surface area contributed by atoms with E-state index in [-0.39, 0.29) is 23.1 Å². The summed E-state index contributed by atoms with van der Waals surface area (Å²) in [5.41, 5.74) is -1.22. The Labute approximate surface area is 158 Å².